The molecule has 5 heteroatoms. The van der Waals surface area contributed by atoms with E-state index in [2.05, 4.69) is 9.97 Å². The van der Waals surface area contributed by atoms with Gasteiger partial charge in [0.1, 0.15) is 11.5 Å². The first-order valence-electron chi connectivity index (χ1n) is 4.70. The number of ether oxygens (including phenoxy) is 2. The smallest absolute Gasteiger partial charge is 0.168 e. The fourth-order valence-corrected chi connectivity index (χ4v) is 1.01. The van der Waals surface area contributed by atoms with Crippen LogP contribution in [0, 0.1) is 0 Å². The Morgan fingerprint density at radius 1 is 1.40 bits per heavy atom. The summed E-state index contributed by atoms with van der Waals surface area (Å²) >= 11 is 0. The van der Waals surface area contributed by atoms with E-state index in [0.717, 1.165) is 0 Å². The molecule has 1 heterocycles. The van der Waals surface area contributed by atoms with E-state index >= 15 is 0 Å². The van der Waals surface area contributed by atoms with Crippen molar-refractivity contribution in [3.8, 4) is 0 Å². The highest BCUT2D eigenvalue weighted by atomic mass is 16.5. The SMILES string of the molecule is COCCOCCc1nccc(C=O)n1. The van der Waals surface area contributed by atoms with Gasteiger partial charge in [0, 0.05) is 19.7 Å². The van der Waals surface area contributed by atoms with E-state index < -0.39 is 0 Å². The highest BCUT2D eigenvalue weighted by molar-refractivity contribution is 5.71. The second-order valence-electron chi connectivity index (χ2n) is 2.87. The van der Waals surface area contributed by atoms with Gasteiger partial charge in [0.2, 0.25) is 0 Å². The van der Waals surface area contributed by atoms with Crippen LogP contribution in [0.15, 0.2) is 12.3 Å². The molecule has 0 aromatic carbocycles. The number of hydrogen-bond acceptors (Lipinski definition) is 5. The van der Waals surface area contributed by atoms with Crippen molar-refractivity contribution in [2.24, 2.45) is 0 Å². The first-order chi connectivity index (χ1) is 7.36. The monoisotopic (exact) mass is 210 g/mol. The van der Waals surface area contributed by atoms with Crippen LogP contribution in [0.4, 0.5) is 0 Å². The fourth-order valence-electron chi connectivity index (χ4n) is 1.01. The van der Waals surface area contributed by atoms with Crippen LogP contribution >= 0.6 is 0 Å². The summed E-state index contributed by atoms with van der Waals surface area (Å²) in [5.74, 6) is 0.622. The quantitative estimate of drug-likeness (QED) is 0.484. The highest BCUT2D eigenvalue weighted by Crippen LogP contribution is 1.94. The zero-order chi connectivity index (χ0) is 10.9. The Hall–Kier alpha value is -1.33. The van der Waals surface area contributed by atoms with Crippen molar-refractivity contribution in [3.63, 3.8) is 0 Å². The maximum Gasteiger partial charge on any atom is 0.168 e. The zero-order valence-electron chi connectivity index (χ0n) is 8.68. The van der Waals surface area contributed by atoms with Gasteiger partial charge < -0.3 is 9.47 Å². The van der Waals surface area contributed by atoms with Crippen molar-refractivity contribution in [1.29, 1.82) is 0 Å². The lowest BCUT2D eigenvalue weighted by molar-refractivity contribution is 0.0716. The molecule has 0 amide bonds. The molecule has 0 spiro atoms. The zero-order valence-corrected chi connectivity index (χ0v) is 8.68. The lowest BCUT2D eigenvalue weighted by atomic mass is 10.4. The van der Waals surface area contributed by atoms with Crippen LogP contribution in [0.5, 0.6) is 0 Å². The van der Waals surface area contributed by atoms with Crippen LogP contribution in [-0.4, -0.2) is 43.2 Å². The van der Waals surface area contributed by atoms with Crippen molar-refractivity contribution in [2.75, 3.05) is 26.9 Å². The summed E-state index contributed by atoms with van der Waals surface area (Å²) in [7, 11) is 1.63. The Kier molecular flexibility index (Phi) is 5.50. The number of rotatable bonds is 7. The minimum atomic E-state index is 0.400. The van der Waals surface area contributed by atoms with Crippen LogP contribution in [0.3, 0.4) is 0 Å². The molecular formula is C10H14N2O3. The minimum Gasteiger partial charge on any atom is -0.382 e. The summed E-state index contributed by atoms with van der Waals surface area (Å²) in [5.41, 5.74) is 0.400. The fraction of sp³-hybridized carbons (Fsp3) is 0.500. The van der Waals surface area contributed by atoms with E-state index in [1.54, 1.807) is 19.4 Å². The van der Waals surface area contributed by atoms with Gasteiger partial charge in [-0.3, -0.25) is 4.79 Å². The van der Waals surface area contributed by atoms with E-state index in [1.807, 2.05) is 0 Å². The predicted octanol–water partition coefficient (Wildman–Crippen LogP) is 0.495. The molecule has 0 fully saturated rings. The number of hydrogen-bond donors (Lipinski definition) is 0. The molecule has 5 nitrogen and oxygen atoms in total. The largest absolute Gasteiger partial charge is 0.382 e. The summed E-state index contributed by atoms with van der Waals surface area (Å²) in [6.07, 6.45) is 2.88. The molecule has 0 aliphatic rings. The minimum absolute atomic E-state index is 0.400. The Bertz CT molecular complexity index is 304. The van der Waals surface area contributed by atoms with Gasteiger partial charge in [-0.1, -0.05) is 0 Å². The van der Waals surface area contributed by atoms with Crippen molar-refractivity contribution in [1.82, 2.24) is 9.97 Å². The third-order valence-electron chi connectivity index (χ3n) is 1.75. The van der Waals surface area contributed by atoms with Gasteiger partial charge in [-0.05, 0) is 6.07 Å². The third-order valence-corrected chi connectivity index (χ3v) is 1.75. The van der Waals surface area contributed by atoms with Gasteiger partial charge >= 0.3 is 0 Å². The normalized spacial score (nSPS) is 10.2. The van der Waals surface area contributed by atoms with Crippen LogP contribution in [-0.2, 0) is 15.9 Å². The molecule has 0 saturated heterocycles. The highest BCUT2D eigenvalue weighted by Gasteiger charge is 1.98. The van der Waals surface area contributed by atoms with E-state index in [-0.39, 0.29) is 0 Å². The molecule has 1 aromatic heterocycles. The van der Waals surface area contributed by atoms with Crippen LogP contribution in [0.25, 0.3) is 0 Å². The van der Waals surface area contributed by atoms with Gasteiger partial charge in [-0.15, -0.1) is 0 Å². The van der Waals surface area contributed by atoms with Crippen LogP contribution in [0.1, 0.15) is 16.3 Å². The van der Waals surface area contributed by atoms with E-state index in [4.69, 9.17) is 9.47 Å². The van der Waals surface area contributed by atoms with Crippen molar-refractivity contribution in [2.45, 2.75) is 6.42 Å². The Morgan fingerprint density at radius 3 is 3.00 bits per heavy atom. The summed E-state index contributed by atoms with van der Waals surface area (Å²) in [6.45, 7) is 1.67. The molecule has 0 N–H and O–H groups in total. The first kappa shape index (κ1) is 11.7. The summed E-state index contributed by atoms with van der Waals surface area (Å²) in [6, 6.07) is 1.57. The van der Waals surface area contributed by atoms with Crippen molar-refractivity contribution < 1.29 is 14.3 Å². The molecule has 0 unspecified atom stereocenters. The Labute approximate surface area is 88.4 Å². The lowest BCUT2D eigenvalue weighted by Crippen LogP contribution is -2.07. The number of nitrogens with zero attached hydrogens (tertiary/aromatic N) is 2. The molecule has 15 heavy (non-hydrogen) atoms. The van der Waals surface area contributed by atoms with Crippen molar-refractivity contribution in [3.05, 3.63) is 23.8 Å². The van der Waals surface area contributed by atoms with E-state index in [0.29, 0.717) is 44.0 Å². The van der Waals surface area contributed by atoms with Crippen LogP contribution < -0.4 is 0 Å². The van der Waals surface area contributed by atoms with Gasteiger partial charge in [0.05, 0.1) is 19.8 Å². The Balaban J connectivity index is 2.27. The number of aromatic nitrogens is 2. The first-order valence-corrected chi connectivity index (χ1v) is 4.70. The predicted molar refractivity (Wildman–Crippen MR) is 53.8 cm³/mol. The average molecular weight is 210 g/mol. The summed E-state index contributed by atoms with van der Waals surface area (Å²) < 4.78 is 10.1. The molecule has 1 aromatic rings. The molecule has 0 aliphatic carbocycles. The second-order valence-corrected chi connectivity index (χ2v) is 2.87. The molecule has 0 saturated carbocycles. The number of carbonyl (C=O) groups excluding carboxylic acids is 1. The molecule has 0 bridgehead atoms. The van der Waals surface area contributed by atoms with Gasteiger partial charge in [-0.2, -0.15) is 0 Å². The van der Waals surface area contributed by atoms with Crippen molar-refractivity contribution >= 4 is 6.29 Å². The van der Waals surface area contributed by atoms with Crippen LogP contribution in [0.2, 0.25) is 0 Å². The molecule has 1 rings (SSSR count). The maximum atomic E-state index is 10.4. The molecule has 0 atom stereocenters. The van der Waals surface area contributed by atoms with Gasteiger partial charge in [-0.25, -0.2) is 9.97 Å². The average Bonchev–Trinajstić information content (AvgIpc) is 2.29. The Morgan fingerprint density at radius 2 is 2.27 bits per heavy atom. The second kappa shape index (κ2) is 7.03. The van der Waals surface area contributed by atoms with E-state index in [1.165, 1.54) is 0 Å². The number of carbonyl (C=O) groups is 1. The third kappa shape index (κ3) is 4.62. The number of methoxy groups -OCH3 is 1. The number of aldehydes is 1. The van der Waals surface area contributed by atoms with Gasteiger partial charge in [0.25, 0.3) is 0 Å². The molecule has 82 valence electrons. The molecule has 0 radical (unpaired) electrons. The standard InChI is InChI=1S/C10H14N2O3/c1-14-6-7-15-5-3-10-11-4-2-9(8-13)12-10/h2,4,8H,3,5-7H2,1H3. The summed E-state index contributed by atoms with van der Waals surface area (Å²) in [4.78, 5) is 18.5. The lowest BCUT2D eigenvalue weighted by Gasteiger charge is -2.02. The maximum absolute atomic E-state index is 10.4. The van der Waals surface area contributed by atoms with E-state index in [9.17, 15) is 4.79 Å². The molecular weight excluding hydrogens is 196 g/mol. The van der Waals surface area contributed by atoms with Gasteiger partial charge in [0.15, 0.2) is 6.29 Å². The topological polar surface area (TPSA) is 61.3 Å². The molecule has 0 aliphatic heterocycles. The summed E-state index contributed by atoms with van der Waals surface area (Å²) in [5, 5.41) is 0.